The van der Waals surface area contributed by atoms with Gasteiger partial charge in [-0.25, -0.2) is 13.8 Å². The first kappa shape index (κ1) is 20.0. The fraction of sp³-hybridized carbons (Fsp3) is 0.318. The minimum atomic E-state index is -2.78. The number of hydrogen-bond acceptors (Lipinski definition) is 4. The Morgan fingerprint density at radius 1 is 1.17 bits per heavy atom. The first-order chi connectivity index (χ1) is 14.3. The zero-order valence-electron chi connectivity index (χ0n) is 16.8. The summed E-state index contributed by atoms with van der Waals surface area (Å²) in [5.41, 5.74) is 3.30. The number of aromatic amines is 1. The largest absolute Gasteiger partial charge is 0.349 e. The topological polar surface area (TPSA) is 73.9 Å². The highest BCUT2D eigenvalue weighted by atomic mass is 19.3. The second kappa shape index (κ2) is 7.85. The van der Waals surface area contributed by atoms with E-state index in [9.17, 15) is 13.6 Å². The molecule has 0 saturated carbocycles. The maximum atomic E-state index is 13.8. The summed E-state index contributed by atoms with van der Waals surface area (Å²) in [7, 11) is 0. The van der Waals surface area contributed by atoms with Crippen molar-refractivity contribution in [2.24, 2.45) is 0 Å². The van der Waals surface area contributed by atoms with Crippen molar-refractivity contribution in [1.29, 1.82) is 0 Å². The molecule has 8 heteroatoms. The zero-order valence-corrected chi connectivity index (χ0v) is 16.8. The van der Waals surface area contributed by atoms with Crippen LogP contribution in [0, 0.1) is 0 Å². The lowest BCUT2D eigenvalue weighted by Crippen LogP contribution is -2.27. The number of carbonyl (C=O) groups is 1. The number of pyridine rings is 1. The third-order valence-corrected chi connectivity index (χ3v) is 5.27. The van der Waals surface area contributed by atoms with E-state index < -0.39 is 12.5 Å². The molecule has 1 aromatic carbocycles. The van der Waals surface area contributed by atoms with Gasteiger partial charge >= 0.3 is 0 Å². The Morgan fingerprint density at radius 2 is 1.93 bits per heavy atom. The van der Waals surface area contributed by atoms with E-state index in [2.05, 4.69) is 34.3 Å². The lowest BCUT2D eigenvalue weighted by Gasteiger charge is -2.22. The van der Waals surface area contributed by atoms with Crippen LogP contribution in [-0.2, 0) is 0 Å². The predicted molar refractivity (Wildman–Crippen MR) is 112 cm³/mol. The van der Waals surface area contributed by atoms with Crippen LogP contribution in [0.25, 0.3) is 11.3 Å². The number of rotatable bonds is 5. The quantitative estimate of drug-likeness (QED) is 0.639. The van der Waals surface area contributed by atoms with Gasteiger partial charge in [-0.05, 0) is 35.7 Å². The summed E-state index contributed by atoms with van der Waals surface area (Å²) in [5, 5.41) is 9.73. The van der Waals surface area contributed by atoms with Crippen molar-refractivity contribution in [2.75, 3.05) is 23.3 Å². The van der Waals surface area contributed by atoms with Crippen molar-refractivity contribution in [3.63, 3.8) is 0 Å². The van der Waals surface area contributed by atoms with E-state index in [0.29, 0.717) is 34.2 Å². The maximum absolute atomic E-state index is 13.8. The molecule has 1 aliphatic heterocycles. The molecule has 6 nitrogen and oxygen atoms in total. The van der Waals surface area contributed by atoms with Crippen LogP contribution in [-0.4, -0.2) is 40.1 Å². The lowest BCUT2D eigenvalue weighted by atomic mass is 10.0. The Kier molecular flexibility index (Phi) is 5.24. The van der Waals surface area contributed by atoms with Crippen LogP contribution < -0.4 is 10.2 Å². The Labute approximate surface area is 173 Å². The average molecular weight is 411 g/mol. The van der Waals surface area contributed by atoms with E-state index in [0.717, 1.165) is 5.56 Å². The number of hydrogen-bond donors (Lipinski definition) is 2. The van der Waals surface area contributed by atoms with Crippen LogP contribution >= 0.6 is 0 Å². The monoisotopic (exact) mass is 411 g/mol. The lowest BCUT2D eigenvalue weighted by molar-refractivity contribution is 0.0257. The van der Waals surface area contributed by atoms with Gasteiger partial charge in [-0.15, -0.1) is 0 Å². The molecule has 0 bridgehead atoms. The van der Waals surface area contributed by atoms with Crippen LogP contribution in [0.1, 0.15) is 42.1 Å². The maximum Gasteiger partial charge on any atom is 0.266 e. The van der Waals surface area contributed by atoms with Crippen molar-refractivity contribution in [2.45, 2.75) is 32.1 Å². The SMILES string of the molecule is CC(C)c1ccc(C(=O)Nc2c(-c3ccn[nH]3)ccnc2N2CCC(F)(F)C2)cc1. The number of H-pyrrole nitrogens is 1. The molecular formula is C22H23F2N5O. The van der Waals surface area contributed by atoms with E-state index in [1.54, 1.807) is 36.7 Å². The number of aromatic nitrogens is 3. The van der Waals surface area contributed by atoms with Crippen LogP contribution in [0.4, 0.5) is 20.3 Å². The van der Waals surface area contributed by atoms with Gasteiger partial charge in [0.25, 0.3) is 11.8 Å². The predicted octanol–water partition coefficient (Wildman–Crippen LogP) is 4.69. The highest BCUT2D eigenvalue weighted by Gasteiger charge is 2.40. The smallest absolute Gasteiger partial charge is 0.266 e. The molecular weight excluding hydrogens is 388 g/mol. The number of halogens is 2. The van der Waals surface area contributed by atoms with Gasteiger partial charge in [-0.2, -0.15) is 5.10 Å². The van der Waals surface area contributed by atoms with Crippen molar-refractivity contribution >= 4 is 17.4 Å². The summed E-state index contributed by atoms with van der Waals surface area (Å²) in [6.07, 6.45) is 2.90. The van der Waals surface area contributed by atoms with Crippen molar-refractivity contribution < 1.29 is 13.6 Å². The van der Waals surface area contributed by atoms with Crippen LogP contribution in [0.3, 0.4) is 0 Å². The molecule has 156 valence electrons. The summed E-state index contributed by atoms with van der Waals surface area (Å²) in [6.45, 7) is 3.90. The summed E-state index contributed by atoms with van der Waals surface area (Å²) < 4.78 is 27.7. The first-order valence-corrected chi connectivity index (χ1v) is 9.87. The fourth-order valence-corrected chi connectivity index (χ4v) is 3.57. The second-order valence-electron chi connectivity index (χ2n) is 7.79. The van der Waals surface area contributed by atoms with Gasteiger partial charge < -0.3 is 10.2 Å². The minimum Gasteiger partial charge on any atom is -0.349 e. The zero-order chi connectivity index (χ0) is 21.3. The number of anilines is 2. The Morgan fingerprint density at radius 3 is 2.53 bits per heavy atom. The van der Waals surface area contributed by atoms with Crippen molar-refractivity contribution in [3.8, 4) is 11.3 Å². The number of carbonyl (C=O) groups excluding carboxylic acids is 1. The van der Waals surface area contributed by atoms with Gasteiger partial charge in [0.2, 0.25) is 0 Å². The van der Waals surface area contributed by atoms with Gasteiger partial charge in [-0.1, -0.05) is 26.0 Å². The van der Waals surface area contributed by atoms with E-state index in [1.807, 2.05) is 12.1 Å². The highest BCUT2D eigenvalue weighted by Crippen LogP contribution is 2.38. The minimum absolute atomic E-state index is 0.165. The normalized spacial score (nSPS) is 15.6. The number of amides is 1. The molecule has 0 unspecified atom stereocenters. The molecule has 1 fully saturated rings. The average Bonchev–Trinajstić information content (AvgIpc) is 3.37. The molecule has 0 aliphatic carbocycles. The van der Waals surface area contributed by atoms with Gasteiger partial charge in [0.05, 0.1) is 17.9 Å². The Hall–Kier alpha value is -3.29. The Bertz CT molecular complexity index is 1030. The van der Waals surface area contributed by atoms with Crippen LogP contribution in [0.2, 0.25) is 0 Å². The standard InChI is InChI=1S/C22H23F2N5O/c1-14(2)15-3-5-16(6-4-15)21(30)27-19-17(18-8-11-26-28-18)7-10-25-20(19)29-12-9-22(23,24)13-29/h3-8,10-11,14H,9,12-13H2,1-2H3,(H,26,28)(H,27,30). The van der Waals surface area contributed by atoms with Crippen LogP contribution in [0.5, 0.6) is 0 Å². The molecule has 2 aromatic heterocycles. The van der Waals surface area contributed by atoms with Crippen molar-refractivity contribution in [1.82, 2.24) is 15.2 Å². The van der Waals surface area contributed by atoms with Gasteiger partial charge in [-0.3, -0.25) is 9.89 Å². The summed E-state index contributed by atoms with van der Waals surface area (Å²) >= 11 is 0. The molecule has 0 radical (unpaired) electrons. The number of nitrogens with zero attached hydrogens (tertiary/aromatic N) is 3. The van der Waals surface area contributed by atoms with E-state index >= 15 is 0 Å². The summed E-state index contributed by atoms with van der Waals surface area (Å²) in [6, 6.07) is 10.8. The molecule has 0 atom stereocenters. The molecule has 0 spiro atoms. The number of benzene rings is 1. The molecule has 4 rings (SSSR count). The fourth-order valence-electron chi connectivity index (χ4n) is 3.57. The summed E-state index contributed by atoms with van der Waals surface area (Å²) in [5.74, 6) is -2.42. The third kappa shape index (κ3) is 4.03. The van der Waals surface area contributed by atoms with Gasteiger partial charge in [0, 0.05) is 36.5 Å². The first-order valence-electron chi connectivity index (χ1n) is 9.87. The Balaban J connectivity index is 1.70. The molecule has 1 amide bonds. The molecule has 3 aromatic rings. The molecule has 1 aliphatic rings. The molecule has 30 heavy (non-hydrogen) atoms. The van der Waals surface area contributed by atoms with E-state index in [1.165, 1.54) is 4.90 Å². The van der Waals surface area contributed by atoms with Crippen molar-refractivity contribution in [3.05, 3.63) is 59.9 Å². The second-order valence-corrected chi connectivity index (χ2v) is 7.79. The van der Waals surface area contributed by atoms with Crippen LogP contribution in [0.15, 0.2) is 48.8 Å². The molecule has 2 N–H and O–H groups in total. The number of alkyl halides is 2. The highest BCUT2D eigenvalue weighted by molar-refractivity contribution is 6.08. The summed E-state index contributed by atoms with van der Waals surface area (Å²) in [4.78, 5) is 18.8. The van der Waals surface area contributed by atoms with Gasteiger partial charge in [0.15, 0.2) is 5.82 Å². The van der Waals surface area contributed by atoms with Gasteiger partial charge in [0.1, 0.15) is 0 Å². The molecule has 1 saturated heterocycles. The van der Waals surface area contributed by atoms with E-state index in [-0.39, 0.29) is 18.9 Å². The number of nitrogens with one attached hydrogen (secondary N) is 2. The van der Waals surface area contributed by atoms with E-state index in [4.69, 9.17) is 0 Å². The third-order valence-electron chi connectivity index (χ3n) is 5.27. The molecule has 3 heterocycles.